The molecule has 0 saturated carbocycles. The number of hydrogen-bond acceptors (Lipinski definition) is 2. The molecule has 1 heterocycles. The van der Waals surface area contributed by atoms with Crippen LogP contribution in [0.25, 0.3) is 0 Å². The van der Waals surface area contributed by atoms with Gasteiger partial charge in [0.15, 0.2) is 0 Å². The highest BCUT2D eigenvalue weighted by Gasteiger charge is 2.30. The van der Waals surface area contributed by atoms with Gasteiger partial charge in [-0.05, 0) is 59.0 Å². The van der Waals surface area contributed by atoms with Crippen LogP contribution in [-0.2, 0) is 6.18 Å². The van der Waals surface area contributed by atoms with Crippen molar-refractivity contribution in [3.63, 3.8) is 0 Å². The van der Waals surface area contributed by atoms with Crippen LogP contribution in [0.2, 0.25) is 0 Å². The zero-order chi connectivity index (χ0) is 14.8. The van der Waals surface area contributed by atoms with Gasteiger partial charge in [0.25, 0.3) is 5.91 Å². The number of nitrogens with zero attached hydrogens (tertiary/aromatic N) is 1. The zero-order valence-electron chi connectivity index (χ0n) is 9.91. The van der Waals surface area contributed by atoms with Crippen LogP contribution in [-0.4, -0.2) is 10.9 Å². The number of anilines is 1. The van der Waals surface area contributed by atoms with Crippen LogP contribution in [0.3, 0.4) is 0 Å². The molecule has 3 nitrogen and oxygen atoms in total. The Morgan fingerprint density at radius 3 is 2.25 bits per heavy atom. The quantitative estimate of drug-likeness (QED) is 0.787. The van der Waals surface area contributed by atoms with E-state index in [1.807, 2.05) is 0 Å². The highest BCUT2D eigenvalue weighted by atomic mass is 127. The highest BCUT2D eigenvalue weighted by molar-refractivity contribution is 14.1. The number of alkyl halides is 3. The third-order valence-corrected chi connectivity index (χ3v) is 3.08. The summed E-state index contributed by atoms with van der Waals surface area (Å²) in [4.78, 5) is 15.8. The molecule has 0 unspecified atom stereocenters. The minimum absolute atomic E-state index is 0.137. The largest absolute Gasteiger partial charge is 0.416 e. The fourth-order valence-corrected chi connectivity index (χ4v) is 1.77. The minimum Gasteiger partial charge on any atom is -0.307 e. The molecule has 0 fully saturated rings. The van der Waals surface area contributed by atoms with E-state index in [9.17, 15) is 18.0 Å². The molecule has 0 bridgehead atoms. The molecule has 1 N–H and O–H groups in total. The molecule has 0 atom stereocenters. The van der Waals surface area contributed by atoms with Crippen molar-refractivity contribution in [2.75, 3.05) is 5.32 Å². The maximum Gasteiger partial charge on any atom is 0.416 e. The SMILES string of the molecule is O=C(Nc1ccc(I)cn1)c1ccc(C(F)(F)F)cc1. The predicted molar refractivity (Wildman–Crippen MR) is 76.4 cm³/mol. The average molecular weight is 392 g/mol. The Balaban J connectivity index is 2.11. The number of benzene rings is 1. The van der Waals surface area contributed by atoms with E-state index in [1.165, 1.54) is 0 Å². The van der Waals surface area contributed by atoms with Crippen molar-refractivity contribution in [2.45, 2.75) is 6.18 Å². The van der Waals surface area contributed by atoms with Crippen molar-refractivity contribution in [1.82, 2.24) is 4.98 Å². The van der Waals surface area contributed by atoms with E-state index >= 15 is 0 Å². The summed E-state index contributed by atoms with van der Waals surface area (Å²) < 4.78 is 38.1. The van der Waals surface area contributed by atoms with E-state index < -0.39 is 17.6 Å². The van der Waals surface area contributed by atoms with Gasteiger partial charge in [0.05, 0.1) is 5.56 Å². The minimum atomic E-state index is -4.41. The lowest BCUT2D eigenvalue weighted by Gasteiger charge is -2.08. The third-order valence-electron chi connectivity index (χ3n) is 2.44. The second kappa shape index (κ2) is 5.78. The number of rotatable bonds is 2. The van der Waals surface area contributed by atoms with Gasteiger partial charge < -0.3 is 5.32 Å². The molecule has 2 rings (SSSR count). The van der Waals surface area contributed by atoms with E-state index in [1.54, 1.807) is 18.3 Å². The molecule has 104 valence electrons. The number of amides is 1. The second-order valence-electron chi connectivity index (χ2n) is 3.89. The molecule has 0 saturated heterocycles. The van der Waals surface area contributed by atoms with E-state index in [4.69, 9.17) is 0 Å². The molecule has 1 aromatic heterocycles. The monoisotopic (exact) mass is 392 g/mol. The maximum absolute atomic E-state index is 12.4. The van der Waals surface area contributed by atoms with Crippen molar-refractivity contribution >= 4 is 34.3 Å². The standard InChI is InChI=1S/C13H8F3IN2O/c14-13(15,16)9-3-1-8(2-4-9)12(20)19-11-6-5-10(17)7-18-11/h1-7H,(H,18,19,20). The number of aromatic nitrogens is 1. The first kappa shape index (κ1) is 14.8. The number of pyridine rings is 1. The Bertz CT molecular complexity index is 609. The Morgan fingerprint density at radius 2 is 1.75 bits per heavy atom. The Kier molecular flexibility index (Phi) is 4.26. The van der Waals surface area contributed by atoms with Gasteiger partial charge in [-0.3, -0.25) is 4.79 Å². The molecule has 20 heavy (non-hydrogen) atoms. The zero-order valence-corrected chi connectivity index (χ0v) is 12.1. The van der Waals surface area contributed by atoms with Gasteiger partial charge in [-0.1, -0.05) is 0 Å². The highest BCUT2D eigenvalue weighted by Crippen LogP contribution is 2.29. The summed E-state index contributed by atoms with van der Waals surface area (Å²) in [6, 6.07) is 7.38. The summed E-state index contributed by atoms with van der Waals surface area (Å²) in [5.41, 5.74) is -0.653. The number of nitrogens with one attached hydrogen (secondary N) is 1. The molecule has 1 amide bonds. The molecule has 1 aromatic carbocycles. The first-order valence-corrected chi connectivity index (χ1v) is 6.54. The predicted octanol–water partition coefficient (Wildman–Crippen LogP) is 3.96. The third kappa shape index (κ3) is 3.69. The van der Waals surface area contributed by atoms with Crippen LogP contribution in [0.4, 0.5) is 19.0 Å². The summed E-state index contributed by atoms with van der Waals surface area (Å²) >= 11 is 2.07. The van der Waals surface area contributed by atoms with Crippen LogP contribution in [0.1, 0.15) is 15.9 Å². The smallest absolute Gasteiger partial charge is 0.307 e. The topological polar surface area (TPSA) is 42.0 Å². The van der Waals surface area contributed by atoms with Crippen molar-refractivity contribution < 1.29 is 18.0 Å². The summed E-state index contributed by atoms with van der Waals surface area (Å²) in [6.07, 6.45) is -2.84. The van der Waals surface area contributed by atoms with Crippen molar-refractivity contribution in [2.24, 2.45) is 0 Å². The summed E-state index contributed by atoms with van der Waals surface area (Å²) in [5.74, 6) is -0.164. The van der Waals surface area contributed by atoms with Crippen molar-refractivity contribution in [1.29, 1.82) is 0 Å². The van der Waals surface area contributed by atoms with Crippen LogP contribution in [0.5, 0.6) is 0 Å². The molecular weight excluding hydrogens is 384 g/mol. The number of halogens is 4. The summed E-state index contributed by atoms with van der Waals surface area (Å²) in [5, 5.41) is 2.51. The average Bonchev–Trinajstić information content (AvgIpc) is 2.40. The van der Waals surface area contributed by atoms with Crippen LogP contribution in [0.15, 0.2) is 42.6 Å². The lowest BCUT2D eigenvalue weighted by molar-refractivity contribution is -0.137. The van der Waals surface area contributed by atoms with E-state index in [0.717, 1.165) is 27.8 Å². The lowest BCUT2D eigenvalue weighted by atomic mass is 10.1. The van der Waals surface area contributed by atoms with Crippen molar-refractivity contribution in [3.8, 4) is 0 Å². The first-order chi connectivity index (χ1) is 9.36. The van der Waals surface area contributed by atoms with Crippen LogP contribution >= 0.6 is 22.6 Å². The number of hydrogen-bond donors (Lipinski definition) is 1. The Morgan fingerprint density at radius 1 is 1.10 bits per heavy atom. The fraction of sp³-hybridized carbons (Fsp3) is 0.0769. The first-order valence-electron chi connectivity index (χ1n) is 5.46. The Labute approximate surface area is 126 Å². The lowest BCUT2D eigenvalue weighted by Crippen LogP contribution is -2.13. The normalized spacial score (nSPS) is 11.2. The number of carbonyl (C=O) groups excluding carboxylic acids is 1. The van der Waals surface area contributed by atoms with Crippen LogP contribution < -0.4 is 5.32 Å². The molecular formula is C13H8F3IN2O. The second-order valence-corrected chi connectivity index (χ2v) is 5.14. The van der Waals surface area contributed by atoms with Crippen LogP contribution in [0, 0.1) is 3.57 Å². The molecule has 7 heteroatoms. The molecule has 0 aliphatic rings. The molecule has 0 spiro atoms. The van der Waals surface area contributed by atoms with Gasteiger partial charge in [-0.2, -0.15) is 13.2 Å². The van der Waals surface area contributed by atoms with E-state index in [2.05, 4.69) is 32.9 Å². The maximum atomic E-state index is 12.4. The molecule has 2 aromatic rings. The number of carbonyl (C=O) groups is 1. The fourth-order valence-electron chi connectivity index (χ4n) is 1.45. The van der Waals surface area contributed by atoms with Gasteiger partial charge >= 0.3 is 6.18 Å². The van der Waals surface area contributed by atoms with E-state index in [0.29, 0.717) is 5.82 Å². The molecule has 0 aliphatic carbocycles. The van der Waals surface area contributed by atoms with Gasteiger partial charge in [0.2, 0.25) is 0 Å². The summed E-state index contributed by atoms with van der Waals surface area (Å²) in [7, 11) is 0. The summed E-state index contributed by atoms with van der Waals surface area (Å²) in [6.45, 7) is 0. The van der Waals surface area contributed by atoms with Gasteiger partial charge in [-0.25, -0.2) is 4.98 Å². The van der Waals surface area contributed by atoms with Crippen molar-refractivity contribution in [3.05, 3.63) is 57.3 Å². The Hall–Kier alpha value is -1.64. The van der Waals surface area contributed by atoms with Gasteiger partial charge in [0.1, 0.15) is 5.82 Å². The van der Waals surface area contributed by atoms with Gasteiger partial charge in [0, 0.05) is 15.3 Å². The van der Waals surface area contributed by atoms with Gasteiger partial charge in [-0.15, -0.1) is 0 Å². The molecule has 0 aliphatic heterocycles. The van der Waals surface area contributed by atoms with E-state index in [-0.39, 0.29) is 5.56 Å². The molecule has 0 radical (unpaired) electrons.